The summed E-state index contributed by atoms with van der Waals surface area (Å²) in [4.78, 5) is 16.3. The molecule has 0 aliphatic heterocycles. The van der Waals surface area contributed by atoms with Crippen molar-refractivity contribution in [2.24, 2.45) is 11.8 Å². The van der Waals surface area contributed by atoms with Gasteiger partial charge in [-0.2, -0.15) is 0 Å². The summed E-state index contributed by atoms with van der Waals surface area (Å²) >= 11 is 1.41. The third kappa shape index (κ3) is 2.71. The van der Waals surface area contributed by atoms with Gasteiger partial charge in [-0.1, -0.05) is 18.3 Å². The van der Waals surface area contributed by atoms with Gasteiger partial charge >= 0.3 is 0 Å². The number of nitrogen functional groups attached to an aromatic ring is 1. The van der Waals surface area contributed by atoms with Crippen LogP contribution in [0.3, 0.4) is 0 Å². The number of hydrogen-bond donors (Lipinski definition) is 2. The summed E-state index contributed by atoms with van der Waals surface area (Å²) < 4.78 is 0.959. The van der Waals surface area contributed by atoms with Crippen molar-refractivity contribution in [1.29, 1.82) is 0 Å². The van der Waals surface area contributed by atoms with Gasteiger partial charge in [-0.3, -0.25) is 4.79 Å². The molecule has 1 aliphatic rings. The fourth-order valence-corrected chi connectivity index (χ4v) is 3.04. The Morgan fingerprint density at radius 2 is 2.37 bits per heavy atom. The molecule has 1 aromatic heterocycles. The number of aromatic nitrogens is 1. The standard InChI is InChI=1S/C14H17N3OS/c1-8(9-2-3-9)7-16-13(18)10-4-5-11-12(6-10)19-14(15)17-11/h4-6,8-9H,2-3,7H2,1H3,(H2,15,17)(H,16,18). The summed E-state index contributed by atoms with van der Waals surface area (Å²) in [5.74, 6) is 1.37. The van der Waals surface area contributed by atoms with Gasteiger partial charge in [0.2, 0.25) is 0 Å². The van der Waals surface area contributed by atoms with Crippen LogP contribution in [0, 0.1) is 11.8 Å². The molecule has 0 radical (unpaired) electrons. The summed E-state index contributed by atoms with van der Waals surface area (Å²) in [7, 11) is 0. The average molecular weight is 275 g/mol. The zero-order chi connectivity index (χ0) is 13.4. The van der Waals surface area contributed by atoms with Gasteiger partial charge in [-0.15, -0.1) is 0 Å². The lowest BCUT2D eigenvalue weighted by atomic mass is 10.1. The summed E-state index contributed by atoms with van der Waals surface area (Å²) in [6.07, 6.45) is 2.62. The Morgan fingerprint density at radius 3 is 3.11 bits per heavy atom. The van der Waals surface area contributed by atoms with E-state index in [1.807, 2.05) is 12.1 Å². The predicted octanol–water partition coefficient (Wildman–Crippen LogP) is 2.65. The van der Waals surface area contributed by atoms with Crippen LogP contribution in [0.25, 0.3) is 10.2 Å². The number of fused-ring (bicyclic) bond motifs is 1. The topological polar surface area (TPSA) is 68.0 Å². The molecule has 4 nitrogen and oxygen atoms in total. The molecule has 1 unspecified atom stereocenters. The van der Waals surface area contributed by atoms with Gasteiger partial charge in [0.25, 0.3) is 5.91 Å². The predicted molar refractivity (Wildman–Crippen MR) is 78.3 cm³/mol. The van der Waals surface area contributed by atoms with Gasteiger partial charge in [-0.25, -0.2) is 4.98 Å². The fourth-order valence-electron chi connectivity index (χ4n) is 2.27. The molecular formula is C14H17N3OS. The molecule has 3 rings (SSSR count). The lowest BCUT2D eigenvalue weighted by Crippen LogP contribution is -2.28. The lowest BCUT2D eigenvalue weighted by molar-refractivity contribution is 0.0947. The number of thiazole rings is 1. The Hall–Kier alpha value is -1.62. The van der Waals surface area contributed by atoms with Crippen molar-refractivity contribution in [3.63, 3.8) is 0 Å². The first-order valence-electron chi connectivity index (χ1n) is 6.58. The Labute approximate surface area is 116 Å². The third-order valence-electron chi connectivity index (χ3n) is 3.68. The molecule has 2 aromatic rings. The molecule has 3 N–H and O–H groups in total. The summed E-state index contributed by atoms with van der Waals surface area (Å²) in [5, 5.41) is 3.54. The Morgan fingerprint density at radius 1 is 1.58 bits per heavy atom. The van der Waals surface area contributed by atoms with Crippen LogP contribution in [-0.2, 0) is 0 Å². The van der Waals surface area contributed by atoms with Crippen molar-refractivity contribution in [2.75, 3.05) is 12.3 Å². The van der Waals surface area contributed by atoms with Crippen LogP contribution in [0.4, 0.5) is 5.13 Å². The fraction of sp³-hybridized carbons (Fsp3) is 0.429. The van der Waals surface area contributed by atoms with Crippen molar-refractivity contribution >= 4 is 32.6 Å². The molecule has 0 bridgehead atoms. The van der Waals surface area contributed by atoms with Crippen molar-refractivity contribution in [1.82, 2.24) is 10.3 Å². The molecule has 1 heterocycles. The van der Waals surface area contributed by atoms with Gasteiger partial charge in [0.1, 0.15) is 0 Å². The minimum absolute atomic E-state index is 0.0126. The number of amides is 1. The molecule has 1 atom stereocenters. The maximum atomic E-state index is 12.1. The van der Waals surface area contributed by atoms with Gasteiger partial charge in [-0.05, 0) is 42.9 Å². The summed E-state index contributed by atoms with van der Waals surface area (Å²) in [5.41, 5.74) is 7.19. The zero-order valence-corrected chi connectivity index (χ0v) is 11.7. The van der Waals surface area contributed by atoms with Gasteiger partial charge in [0.15, 0.2) is 5.13 Å². The normalized spacial score (nSPS) is 16.5. The second-order valence-corrected chi connectivity index (χ2v) is 6.32. The first kappa shape index (κ1) is 12.4. The number of benzene rings is 1. The van der Waals surface area contributed by atoms with Crippen LogP contribution in [0.15, 0.2) is 18.2 Å². The molecular weight excluding hydrogens is 258 g/mol. The molecule has 5 heteroatoms. The van der Waals surface area contributed by atoms with E-state index >= 15 is 0 Å². The average Bonchev–Trinajstić information content (AvgIpc) is 3.16. The molecule has 1 aliphatic carbocycles. The van der Waals surface area contributed by atoms with Crippen LogP contribution >= 0.6 is 11.3 Å². The highest BCUT2D eigenvalue weighted by Gasteiger charge is 2.27. The van der Waals surface area contributed by atoms with Gasteiger partial charge in [0, 0.05) is 12.1 Å². The van der Waals surface area contributed by atoms with E-state index in [0.717, 1.165) is 22.7 Å². The highest BCUT2D eigenvalue weighted by Crippen LogP contribution is 2.36. The largest absolute Gasteiger partial charge is 0.375 e. The monoisotopic (exact) mass is 275 g/mol. The van der Waals surface area contributed by atoms with E-state index in [4.69, 9.17) is 5.73 Å². The molecule has 19 heavy (non-hydrogen) atoms. The zero-order valence-electron chi connectivity index (χ0n) is 10.8. The number of carbonyl (C=O) groups is 1. The molecule has 1 aromatic carbocycles. The van der Waals surface area contributed by atoms with E-state index in [9.17, 15) is 4.79 Å². The molecule has 100 valence electrons. The maximum Gasteiger partial charge on any atom is 0.251 e. The highest BCUT2D eigenvalue weighted by molar-refractivity contribution is 7.22. The number of anilines is 1. The van der Waals surface area contributed by atoms with Gasteiger partial charge < -0.3 is 11.1 Å². The number of nitrogens with zero attached hydrogens (tertiary/aromatic N) is 1. The summed E-state index contributed by atoms with van der Waals surface area (Å²) in [6.45, 7) is 2.96. The van der Waals surface area contributed by atoms with Crippen LogP contribution in [0.1, 0.15) is 30.1 Å². The van der Waals surface area contributed by atoms with E-state index in [-0.39, 0.29) is 5.91 Å². The van der Waals surface area contributed by atoms with E-state index < -0.39 is 0 Å². The first-order valence-corrected chi connectivity index (χ1v) is 7.39. The van der Waals surface area contributed by atoms with Crippen molar-refractivity contribution in [3.05, 3.63) is 23.8 Å². The van der Waals surface area contributed by atoms with Crippen molar-refractivity contribution in [3.8, 4) is 0 Å². The van der Waals surface area contributed by atoms with Crippen LogP contribution in [0.5, 0.6) is 0 Å². The molecule has 1 saturated carbocycles. The summed E-state index contributed by atoms with van der Waals surface area (Å²) in [6, 6.07) is 5.51. The third-order valence-corrected chi connectivity index (χ3v) is 4.53. The highest BCUT2D eigenvalue weighted by atomic mass is 32.1. The number of nitrogens with one attached hydrogen (secondary N) is 1. The van der Waals surface area contributed by atoms with E-state index in [1.165, 1.54) is 24.2 Å². The van der Waals surface area contributed by atoms with Crippen LogP contribution < -0.4 is 11.1 Å². The van der Waals surface area contributed by atoms with E-state index in [1.54, 1.807) is 6.07 Å². The Balaban J connectivity index is 1.69. The van der Waals surface area contributed by atoms with Crippen molar-refractivity contribution in [2.45, 2.75) is 19.8 Å². The number of carbonyl (C=O) groups excluding carboxylic acids is 1. The number of rotatable bonds is 4. The van der Waals surface area contributed by atoms with E-state index in [0.29, 0.717) is 16.6 Å². The molecule has 1 fully saturated rings. The molecule has 0 spiro atoms. The van der Waals surface area contributed by atoms with Crippen LogP contribution in [0.2, 0.25) is 0 Å². The number of nitrogens with two attached hydrogens (primary N) is 1. The minimum Gasteiger partial charge on any atom is -0.375 e. The minimum atomic E-state index is -0.0126. The first-order chi connectivity index (χ1) is 9.13. The Kier molecular flexibility index (Phi) is 3.14. The van der Waals surface area contributed by atoms with Gasteiger partial charge in [0.05, 0.1) is 10.2 Å². The smallest absolute Gasteiger partial charge is 0.251 e. The van der Waals surface area contributed by atoms with Crippen molar-refractivity contribution < 1.29 is 4.79 Å². The molecule has 1 amide bonds. The molecule has 0 saturated heterocycles. The second-order valence-electron chi connectivity index (χ2n) is 5.26. The number of hydrogen-bond acceptors (Lipinski definition) is 4. The Bertz CT molecular complexity index is 618. The second kappa shape index (κ2) is 4.81. The van der Waals surface area contributed by atoms with Crippen LogP contribution in [-0.4, -0.2) is 17.4 Å². The lowest BCUT2D eigenvalue weighted by Gasteiger charge is -2.11. The quantitative estimate of drug-likeness (QED) is 0.901. The maximum absolute atomic E-state index is 12.1. The van der Waals surface area contributed by atoms with E-state index in [2.05, 4.69) is 17.2 Å². The SMILES string of the molecule is CC(CNC(=O)c1ccc2nc(N)sc2c1)C1CC1.